The molecular formula is C15H30O5. The molecule has 0 spiro atoms. The highest BCUT2D eigenvalue weighted by molar-refractivity contribution is 4.59. The smallest absolute Gasteiger partial charge is 0.118 e. The maximum absolute atomic E-state index is 5.67. The van der Waals surface area contributed by atoms with E-state index in [1.807, 2.05) is 27.7 Å². The minimum atomic E-state index is 0.00519. The van der Waals surface area contributed by atoms with Gasteiger partial charge in [0.05, 0.1) is 51.0 Å². The average Bonchev–Trinajstić information content (AvgIpc) is 2.41. The van der Waals surface area contributed by atoms with E-state index in [0.717, 1.165) is 0 Å². The van der Waals surface area contributed by atoms with Crippen LogP contribution in [0.15, 0.2) is 12.8 Å². The second-order valence-corrected chi connectivity index (χ2v) is 5.00. The minimum absolute atomic E-state index is 0.00519. The van der Waals surface area contributed by atoms with E-state index < -0.39 is 0 Å². The van der Waals surface area contributed by atoms with Gasteiger partial charge in [-0.2, -0.15) is 0 Å². The first kappa shape index (κ1) is 19.4. The van der Waals surface area contributed by atoms with E-state index in [-0.39, 0.29) is 24.4 Å². The van der Waals surface area contributed by atoms with Crippen LogP contribution >= 0.6 is 0 Å². The predicted octanol–water partition coefficient (Wildman–Crippen LogP) is 2.40. The number of hydrogen-bond donors (Lipinski definition) is 0. The molecule has 0 aliphatic carbocycles. The van der Waals surface area contributed by atoms with Gasteiger partial charge >= 0.3 is 0 Å². The standard InChI is InChI=1S/C15H30O5/c1-7-17-13(3)9-19-15(5)11-20-14(4)10-18-12(2)8-16-6/h7,12-15H,1,8-11H2,2-6H3. The van der Waals surface area contributed by atoms with Crippen molar-refractivity contribution in [3.05, 3.63) is 12.8 Å². The molecule has 0 aromatic rings. The van der Waals surface area contributed by atoms with E-state index >= 15 is 0 Å². The van der Waals surface area contributed by atoms with Crippen molar-refractivity contribution < 1.29 is 23.7 Å². The Bertz CT molecular complexity index is 234. The zero-order valence-electron chi connectivity index (χ0n) is 13.5. The van der Waals surface area contributed by atoms with Crippen LogP contribution in [-0.2, 0) is 23.7 Å². The summed E-state index contributed by atoms with van der Waals surface area (Å²) in [5.41, 5.74) is 0. The molecule has 0 aliphatic rings. The van der Waals surface area contributed by atoms with Gasteiger partial charge in [-0.05, 0) is 27.7 Å². The topological polar surface area (TPSA) is 46.2 Å². The Labute approximate surface area is 123 Å². The monoisotopic (exact) mass is 290 g/mol. The van der Waals surface area contributed by atoms with Gasteiger partial charge in [0, 0.05) is 7.11 Å². The largest absolute Gasteiger partial charge is 0.497 e. The molecular weight excluding hydrogens is 260 g/mol. The van der Waals surface area contributed by atoms with Crippen LogP contribution < -0.4 is 0 Å². The molecule has 4 unspecified atom stereocenters. The summed E-state index contributed by atoms with van der Waals surface area (Å²) in [4.78, 5) is 0. The van der Waals surface area contributed by atoms with Gasteiger partial charge in [-0.1, -0.05) is 6.58 Å². The Morgan fingerprint density at radius 1 is 0.750 bits per heavy atom. The van der Waals surface area contributed by atoms with Gasteiger partial charge in [0.25, 0.3) is 0 Å². The summed E-state index contributed by atoms with van der Waals surface area (Å²) in [6, 6.07) is 0. The molecule has 0 radical (unpaired) electrons. The molecule has 120 valence electrons. The molecule has 5 heteroatoms. The summed E-state index contributed by atoms with van der Waals surface area (Å²) in [5, 5.41) is 0. The van der Waals surface area contributed by atoms with Crippen LogP contribution in [0.2, 0.25) is 0 Å². The zero-order chi connectivity index (χ0) is 15.4. The van der Waals surface area contributed by atoms with Crippen molar-refractivity contribution in [3.8, 4) is 0 Å². The molecule has 0 amide bonds. The van der Waals surface area contributed by atoms with Crippen molar-refractivity contribution in [3.63, 3.8) is 0 Å². The Hall–Kier alpha value is -0.620. The molecule has 0 aromatic carbocycles. The van der Waals surface area contributed by atoms with Gasteiger partial charge in [-0.3, -0.25) is 0 Å². The van der Waals surface area contributed by atoms with Crippen LogP contribution in [0.25, 0.3) is 0 Å². The third kappa shape index (κ3) is 11.2. The van der Waals surface area contributed by atoms with Crippen molar-refractivity contribution in [1.82, 2.24) is 0 Å². The molecule has 0 N–H and O–H groups in total. The first-order valence-corrected chi connectivity index (χ1v) is 7.09. The predicted molar refractivity (Wildman–Crippen MR) is 78.9 cm³/mol. The fraction of sp³-hybridized carbons (Fsp3) is 0.867. The van der Waals surface area contributed by atoms with Crippen molar-refractivity contribution in [2.24, 2.45) is 0 Å². The lowest BCUT2D eigenvalue weighted by Crippen LogP contribution is -2.27. The molecule has 0 saturated heterocycles. The average molecular weight is 290 g/mol. The van der Waals surface area contributed by atoms with E-state index in [0.29, 0.717) is 26.4 Å². The Balaban J connectivity index is 3.61. The number of ether oxygens (including phenoxy) is 5. The molecule has 4 atom stereocenters. The van der Waals surface area contributed by atoms with Crippen molar-refractivity contribution in [1.29, 1.82) is 0 Å². The van der Waals surface area contributed by atoms with Gasteiger partial charge < -0.3 is 23.7 Å². The first-order valence-electron chi connectivity index (χ1n) is 7.09. The minimum Gasteiger partial charge on any atom is -0.497 e. The van der Waals surface area contributed by atoms with E-state index in [9.17, 15) is 0 Å². The first-order chi connectivity index (χ1) is 9.49. The van der Waals surface area contributed by atoms with Crippen LogP contribution in [0.1, 0.15) is 27.7 Å². The molecule has 0 saturated carbocycles. The van der Waals surface area contributed by atoms with Crippen LogP contribution in [0.3, 0.4) is 0 Å². The molecule has 0 bridgehead atoms. The highest BCUT2D eigenvalue weighted by atomic mass is 16.6. The zero-order valence-corrected chi connectivity index (χ0v) is 13.5. The maximum Gasteiger partial charge on any atom is 0.118 e. The van der Waals surface area contributed by atoms with Crippen molar-refractivity contribution in [2.75, 3.05) is 33.5 Å². The molecule has 0 heterocycles. The molecule has 5 nitrogen and oxygen atoms in total. The van der Waals surface area contributed by atoms with Crippen LogP contribution in [0.4, 0.5) is 0 Å². The highest BCUT2D eigenvalue weighted by Crippen LogP contribution is 2.02. The van der Waals surface area contributed by atoms with Gasteiger partial charge in [-0.15, -0.1) is 0 Å². The third-order valence-corrected chi connectivity index (χ3v) is 2.58. The fourth-order valence-electron chi connectivity index (χ4n) is 1.48. The van der Waals surface area contributed by atoms with Gasteiger partial charge in [0.1, 0.15) is 6.10 Å². The molecule has 0 rings (SSSR count). The lowest BCUT2D eigenvalue weighted by atomic mass is 10.3. The summed E-state index contributed by atoms with van der Waals surface area (Å²) in [7, 11) is 1.66. The van der Waals surface area contributed by atoms with Gasteiger partial charge in [0.2, 0.25) is 0 Å². The lowest BCUT2D eigenvalue weighted by molar-refractivity contribution is -0.0851. The number of methoxy groups -OCH3 is 1. The Kier molecular flexibility index (Phi) is 11.8. The number of rotatable bonds is 13. The summed E-state index contributed by atoms with van der Waals surface area (Å²) in [5.74, 6) is 0. The maximum atomic E-state index is 5.67. The van der Waals surface area contributed by atoms with E-state index in [1.165, 1.54) is 6.26 Å². The third-order valence-electron chi connectivity index (χ3n) is 2.58. The van der Waals surface area contributed by atoms with Crippen molar-refractivity contribution >= 4 is 0 Å². The fourth-order valence-corrected chi connectivity index (χ4v) is 1.48. The quantitative estimate of drug-likeness (QED) is 0.487. The second kappa shape index (κ2) is 12.1. The molecule has 0 aromatic heterocycles. The molecule has 0 aliphatic heterocycles. The van der Waals surface area contributed by atoms with Crippen LogP contribution in [0.5, 0.6) is 0 Å². The van der Waals surface area contributed by atoms with Gasteiger partial charge in [0.15, 0.2) is 0 Å². The summed E-state index contributed by atoms with van der Waals surface area (Å²) in [6.07, 6.45) is 1.56. The Morgan fingerprint density at radius 3 is 1.55 bits per heavy atom. The lowest BCUT2D eigenvalue weighted by Gasteiger charge is -2.20. The summed E-state index contributed by atoms with van der Waals surface area (Å²) >= 11 is 0. The van der Waals surface area contributed by atoms with E-state index in [2.05, 4.69) is 6.58 Å². The van der Waals surface area contributed by atoms with E-state index in [4.69, 9.17) is 23.7 Å². The van der Waals surface area contributed by atoms with Gasteiger partial charge in [-0.25, -0.2) is 0 Å². The second-order valence-electron chi connectivity index (χ2n) is 5.00. The van der Waals surface area contributed by atoms with E-state index in [1.54, 1.807) is 7.11 Å². The summed E-state index contributed by atoms with van der Waals surface area (Å²) < 4.78 is 27.0. The normalized spacial score (nSPS) is 17.2. The number of hydrogen-bond acceptors (Lipinski definition) is 5. The summed E-state index contributed by atoms with van der Waals surface area (Å²) in [6.45, 7) is 13.6. The highest BCUT2D eigenvalue weighted by Gasteiger charge is 2.11. The molecule has 20 heavy (non-hydrogen) atoms. The SMILES string of the molecule is C=COC(C)COC(C)COC(C)COC(C)COC. The van der Waals surface area contributed by atoms with Crippen LogP contribution in [-0.4, -0.2) is 58.0 Å². The molecule has 0 fully saturated rings. The van der Waals surface area contributed by atoms with Crippen molar-refractivity contribution in [2.45, 2.75) is 52.1 Å². The Morgan fingerprint density at radius 2 is 1.15 bits per heavy atom. The van der Waals surface area contributed by atoms with Crippen LogP contribution in [0, 0.1) is 0 Å².